The van der Waals surface area contributed by atoms with Crippen molar-refractivity contribution < 1.29 is 4.79 Å². The van der Waals surface area contributed by atoms with Gasteiger partial charge < -0.3 is 9.30 Å². The second kappa shape index (κ2) is 4.44. The summed E-state index contributed by atoms with van der Waals surface area (Å²) in [6, 6.07) is 3.78. The average Bonchev–Trinajstić information content (AvgIpc) is 2.78. The Balaban J connectivity index is 1.90. The minimum absolute atomic E-state index is 0.142. The minimum Gasteiger partial charge on any atom is -0.339 e. The molecule has 4 nitrogen and oxygen atoms in total. The second-order valence-corrected chi connectivity index (χ2v) is 4.92. The molecular weight excluding hydrogens is 226 g/mol. The van der Waals surface area contributed by atoms with E-state index in [1.165, 1.54) is 6.42 Å². The van der Waals surface area contributed by atoms with Gasteiger partial charge in [0.05, 0.1) is 11.3 Å². The smallest absolute Gasteiger partial charge is 0.255 e. The lowest BCUT2D eigenvalue weighted by Gasteiger charge is -2.26. The molecule has 1 fully saturated rings. The fraction of sp³-hybridized carbons (Fsp3) is 0.429. The molecule has 3 rings (SSSR count). The van der Waals surface area contributed by atoms with Crippen LogP contribution in [0.3, 0.4) is 0 Å². The first-order valence-corrected chi connectivity index (χ1v) is 6.49. The van der Waals surface area contributed by atoms with Crippen molar-refractivity contribution in [3.8, 4) is 0 Å². The van der Waals surface area contributed by atoms with Gasteiger partial charge in [-0.2, -0.15) is 0 Å². The van der Waals surface area contributed by atoms with Gasteiger partial charge in [0, 0.05) is 25.5 Å². The van der Waals surface area contributed by atoms with Gasteiger partial charge in [-0.05, 0) is 38.3 Å². The summed E-state index contributed by atoms with van der Waals surface area (Å²) in [5.74, 6) is 0.142. The molecule has 0 spiro atoms. The van der Waals surface area contributed by atoms with Crippen molar-refractivity contribution in [3.05, 3.63) is 35.8 Å². The molecule has 0 bridgehead atoms. The molecule has 3 heterocycles. The highest BCUT2D eigenvalue weighted by atomic mass is 16.2. The number of aromatic nitrogens is 2. The molecule has 0 saturated carbocycles. The Hall–Kier alpha value is -1.84. The van der Waals surface area contributed by atoms with Crippen LogP contribution in [0.5, 0.6) is 0 Å². The Morgan fingerprint density at radius 2 is 1.94 bits per heavy atom. The van der Waals surface area contributed by atoms with E-state index in [-0.39, 0.29) is 5.91 Å². The van der Waals surface area contributed by atoms with Gasteiger partial charge in [-0.25, -0.2) is 4.98 Å². The number of piperidine rings is 1. The monoisotopic (exact) mass is 243 g/mol. The van der Waals surface area contributed by atoms with Crippen LogP contribution in [0.15, 0.2) is 24.5 Å². The minimum atomic E-state index is 0.142. The van der Waals surface area contributed by atoms with E-state index in [0.29, 0.717) is 0 Å². The van der Waals surface area contributed by atoms with Crippen LogP contribution in [-0.2, 0) is 0 Å². The van der Waals surface area contributed by atoms with Crippen molar-refractivity contribution in [2.24, 2.45) is 0 Å². The normalized spacial score (nSPS) is 16.2. The van der Waals surface area contributed by atoms with E-state index in [9.17, 15) is 4.79 Å². The molecule has 2 aromatic rings. The van der Waals surface area contributed by atoms with E-state index < -0.39 is 0 Å². The van der Waals surface area contributed by atoms with Crippen molar-refractivity contribution in [2.75, 3.05) is 13.1 Å². The molecule has 2 aromatic heterocycles. The zero-order chi connectivity index (χ0) is 12.5. The zero-order valence-electron chi connectivity index (χ0n) is 10.6. The summed E-state index contributed by atoms with van der Waals surface area (Å²) in [4.78, 5) is 18.7. The van der Waals surface area contributed by atoms with Crippen molar-refractivity contribution in [3.63, 3.8) is 0 Å². The van der Waals surface area contributed by atoms with Crippen molar-refractivity contribution in [2.45, 2.75) is 26.2 Å². The maximum Gasteiger partial charge on any atom is 0.255 e. The number of hydrogen-bond donors (Lipinski definition) is 0. The van der Waals surface area contributed by atoms with Crippen LogP contribution < -0.4 is 0 Å². The van der Waals surface area contributed by atoms with Crippen LogP contribution in [-0.4, -0.2) is 33.3 Å². The quantitative estimate of drug-likeness (QED) is 0.770. The molecule has 4 heteroatoms. The lowest BCUT2D eigenvalue weighted by molar-refractivity contribution is 0.0724. The number of rotatable bonds is 1. The average molecular weight is 243 g/mol. The fourth-order valence-corrected chi connectivity index (χ4v) is 2.52. The Labute approximate surface area is 106 Å². The molecule has 94 valence electrons. The van der Waals surface area contributed by atoms with E-state index in [1.54, 1.807) is 0 Å². The summed E-state index contributed by atoms with van der Waals surface area (Å²) in [5.41, 5.74) is 2.61. The highest BCUT2D eigenvalue weighted by molar-refractivity contribution is 5.94. The number of carbonyl (C=O) groups excluding carboxylic acids is 1. The molecule has 0 aromatic carbocycles. The van der Waals surface area contributed by atoms with Crippen LogP contribution in [0.25, 0.3) is 5.65 Å². The van der Waals surface area contributed by atoms with Crippen LogP contribution in [0.4, 0.5) is 0 Å². The van der Waals surface area contributed by atoms with E-state index in [4.69, 9.17) is 0 Å². The number of hydrogen-bond acceptors (Lipinski definition) is 2. The lowest BCUT2D eigenvalue weighted by Crippen LogP contribution is -2.35. The van der Waals surface area contributed by atoms with Gasteiger partial charge in [-0.15, -0.1) is 0 Å². The maximum atomic E-state index is 12.3. The van der Waals surface area contributed by atoms with Gasteiger partial charge in [-0.1, -0.05) is 0 Å². The SMILES string of the molecule is Cc1cn2cc(C(=O)N3CCCCC3)ccc2n1. The van der Waals surface area contributed by atoms with Crippen molar-refractivity contribution >= 4 is 11.6 Å². The Bertz CT molecular complexity index is 582. The molecule has 18 heavy (non-hydrogen) atoms. The van der Waals surface area contributed by atoms with Crippen molar-refractivity contribution in [1.29, 1.82) is 0 Å². The molecule has 0 aliphatic carbocycles. The molecule has 1 amide bonds. The molecule has 1 aliphatic rings. The molecule has 1 saturated heterocycles. The predicted molar refractivity (Wildman–Crippen MR) is 69.7 cm³/mol. The molecule has 0 radical (unpaired) electrons. The first-order chi connectivity index (χ1) is 8.74. The van der Waals surface area contributed by atoms with Gasteiger partial charge in [-0.3, -0.25) is 4.79 Å². The topological polar surface area (TPSA) is 37.6 Å². The Kier molecular flexibility index (Phi) is 2.78. The van der Waals surface area contributed by atoms with Crippen LogP contribution in [0.1, 0.15) is 35.3 Å². The van der Waals surface area contributed by atoms with Crippen LogP contribution in [0, 0.1) is 6.92 Å². The zero-order valence-corrected chi connectivity index (χ0v) is 10.6. The molecular formula is C14H17N3O. The number of aryl methyl sites for hydroxylation is 1. The van der Waals surface area contributed by atoms with Gasteiger partial charge >= 0.3 is 0 Å². The van der Waals surface area contributed by atoms with Crippen LogP contribution >= 0.6 is 0 Å². The second-order valence-electron chi connectivity index (χ2n) is 4.92. The Morgan fingerprint density at radius 1 is 1.17 bits per heavy atom. The van der Waals surface area contributed by atoms with Gasteiger partial charge in [0.25, 0.3) is 5.91 Å². The van der Waals surface area contributed by atoms with Crippen molar-refractivity contribution in [1.82, 2.24) is 14.3 Å². The van der Waals surface area contributed by atoms with E-state index >= 15 is 0 Å². The first kappa shape index (κ1) is 11.3. The molecule has 1 aliphatic heterocycles. The summed E-state index contributed by atoms with van der Waals surface area (Å²) in [7, 11) is 0. The largest absolute Gasteiger partial charge is 0.339 e. The van der Waals surface area contributed by atoms with Gasteiger partial charge in [0.2, 0.25) is 0 Å². The molecule has 0 atom stereocenters. The number of amides is 1. The Morgan fingerprint density at radius 3 is 2.72 bits per heavy atom. The van der Waals surface area contributed by atoms with E-state index in [1.807, 2.05) is 40.8 Å². The first-order valence-electron chi connectivity index (χ1n) is 6.49. The third kappa shape index (κ3) is 1.98. The van der Waals surface area contributed by atoms with E-state index in [0.717, 1.165) is 42.8 Å². The number of imidazole rings is 1. The number of carbonyl (C=O) groups is 1. The number of likely N-dealkylation sites (tertiary alicyclic amines) is 1. The third-order valence-electron chi connectivity index (χ3n) is 3.46. The highest BCUT2D eigenvalue weighted by Crippen LogP contribution is 2.14. The summed E-state index contributed by atoms with van der Waals surface area (Å²) in [6.07, 6.45) is 7.31. The standard InChI is InChI=1S/C14H17N3O/c1-11-9-17-10-12(5-6-13(17)15-11)14(18)16-7-3-2-4-8-16/h5-6,9-10H,2-4,7-8H2,1H3. The third-order valence-corrected chi connectivity index (χ3v) is 3.46. The number of nitrogens with zero attached hydrogens (tertiary/aromatic N) is 3. The van der Waals surface area contributed by atoms with E-state index in [2.05, 4.69) is 4.98 Å². The highest BCUT2D eigenvalue weighted by Gasteiger charge is 2.18. The number of fused-ring (bicyclic) bond motifs is 1. The van der Waals surface area contributed by atoms with Gasteiger partial charge in [0.15, 0.2) is 0 Å². The summed E-state index contributed by atoms with van der Waals surface area (Å²) >= 11 is 0. The lowest BCUT2D eigenvalue weighted by atomic mass is 10.1. The fourth-order valence-electron chi connectivity index (χ4n) is 2.52. The predicted octanol–water partition coefficient (Wildman–Crippen LogP) is 2.27. The summed E-state index contributed by atoms with van der Waals surface area (Å²) < 4.78 is 1.92. The molecule has 0 N–H and O–H groups in total. The molecule has 0 unspecified atom stereocenters. The number of pyridine rings is 1. The van der Waals surface area contributed by atoms with Crippen LogP contribution in [0.2, 0.25) is 0 Å². The van der Waals surface area contributed by atoms with Gasteiger partial charge in [0.1, 0.15) is 5.65 Å². The maximum absolute atomic E-state index is 12.3. The summed E-state index contributed by atoms with van der Waals surface area (Å²) in [6.45, 7) is 3.73. The summed E-state index contributed by atoms with van der Waals surface area (Å²) in [5, 5.41) is 0.